The molecule has 1 aliphatic rings. The summed E-state index contributed by atoms with van der Waals surface area (Å²) < 4.78 is 44.8. The van der Waals surface area contributed by atoms with Gasteiger partial charge in [0.05, 0.1) is 17.8 Å². The summed E-state index contributed by atoms with van der Waals surface area (Å²) in [5.41, 5.74) is -0.374. The van der Waals surface area contributed by atoms with E-state index < -0.39 is 23.8 Å². The van der Waals surface area contributed by atoms with Crippen molar-refractivity contribution in [3.63, 3.8) is 0 Å². The molecule has 0 fully saturated rings. The van der Waals surface area contributed by atoms with Gasteiger partial charge >= 0.3 is 6.18 Å². The van der Waals surface area contributed by atoms with Gasteiger partial charge in [-0.2, -0.15) is 13.2 Å². The van der Waals surface area contributed by atoms with Gasteiger partial charge in [0.1, 0.15) is 5.75 Å². The quantitative estimate of drug-likeness (QED) is 0.848. The zero-order chi connectivity index (χ0) is 20.3. The standard InChI is InChI=1S/C20H19F3N2O3/c1-2-25(19(27)17-11-13-7-3-6-10-16(13)28-17)12-18(26)24-15-9-5-4-8-14(15)20(21,22)23/h3-10,17H,2,11-12H2,1H3,(H,24,26). The Kier molecular flexibility index (Phi) is 5.58. The van der Waals surface area contributed by atoms with Crippen molar-refractivity contribution in [1.29, 1.82) is 0 Å². The van der Waals surface area contributed by atoms with Gasteiger partial charge in [0.15, 0.2) is 6.10 Å². The number of nitrogens with zero attached hydrogens (tertiary/aromatic N) is 1. The van der Waals surface area contributed by atoms with Crippen LogP contribution in [0.3, 0.4) is 0 Å². The van der Waals surface area contributed by atoms with E-state index in [1.54, 1.807) is 19.1 Å². The summed E-state index contributed by atoms with van der Waals surface area (Å²) >= 11 is 0. The van der Waals surface area contributed by atoms with Crippen LogP contribution in [0.15, 0.2) is 48.5 Å². The summed E-state index contributed by atoms with van der Waals surface area (Å²) in [6.07, 6.45) is -4.94. The van der Waals surface area contributed by atoms with Gasteiger partial charge in [0, 0.05) is 13.0 Å². The Bertz CT molecular complexity index is 858. The highest BCUT2D eigenvalue weighted by Crippen LogP contribution is 2.34. The van der Waals surface area contributed by atoms with Crippen molar-refractivity contribution in [2.75, 3.05) is 18.4 Å². The Morgan fingerprint density at radius 3 is 2.50 bits per heavy atom. The number of anilines is 1. The summed E-state index contributed by atoms with van der Waals surface area (Å²) in [7, 11) is 0. The molecule has 2 aromatic carbocycles. The third kappa shape index (κ3) is 4.27. The second kappa shape index (κ2) is 7.92. The second-order valence-corrected chi connectivity index (χ2v) is 6.36. The van der Waals surface area contributed by atoms with Gasteiger partial charge in [-0.25, -0.2) is 0 Å². The highest BCUT2D eigenvalue weighted by Gasteiger charge is 2.35. The van der Waals surface area contributed by atoms with E-state index in [1.165, 1.54) is 23.1 Å². The molecule has 1 atom stereocenters. The minimum absolute atomic E-state index is 0.226. The minimum atomic E-state index is -4.59. The number of likely N-dealkylation sites (N-methyl/N-ethyl adjacent to an activating group) is 1. The molecule has 1 heterocycles. The first-order chi connectivity index (χ1) is 13.3. The fourth-order valence-corrected chi connectivity index (χ4v) is 3.07. The molecule has 8 heteroatoms. The molecule has 0 saturated heterocycles. The van der Waals surface area contributed by atoms with E-state index in [-0.39, 0.29) is 24.7 Å². The maximum atomic E-state index is 13.1. The fourth-order valence-electron chi connectivity index (χ4n) is 3.07. The zero-order valence-electron chi connectivity index (χ0n) is 15.1. The van der Waals surface area contributed by atoms with E-state index in [2.05, 4.69) is 5.32 Å². The summed E-state index contributed by atoms with van der Waals surface area (Å²) in [5, 5.41) is 2.25. The fraction of sp³-hybridized carbons (Fsp3) is 0.300. The topological polar surface area (TPSA) is 58.6 Å². The van der Waals surface area contributed by atoms with Crippen molar-refractivity contribution in [3.05, 3.63) is 59.7 Å². The number of halogens is 3. The molecule has 5 nitrogen and oxygen atoms in total. The number of alkyl halides is 3. The lowest BCUT2D eigenvalue weighted by Crippen LogP contribution is -2.45. The summed E-state index contributed by atoms with van der Waals surface area (Å²) in [4.78, 5) is 26.3. The number of hydrogen-bond donors (Lipinski definition) is 1. The smallest absolute Gasteiger partial charge is 0.418 e. The number of carbonyl (C=O) groups is 2. The first kappa shape index (κ1) is 19.7. The third-order valence-electron chi connectivity index (χ3n) is 4.46. The molecule has 2 aromatic rings. The van der Waals surface area contributed by atoms with E-state index in [0.29, 0.717) is 12.2 Å². The van der Waals surface area contributed by atoms with Crippen LogP contribution in [-0.2, 0) is 22.2 Å². The number of carbonyl (C=O) groups excluding carboxylic acids is 2. The number of rotatable bonds is 5. The number of benzene rings is 2. The molecule has 0 aromatic heterocycles. The molecule has 2 amide bonds. The number of para-hydroxylation sites is 2. The average molecular weight is 392 g/mol. The van der Waals surface area contributed by atoms with Crippen molar-refractivity contribution >= 4 is 17.5 Å². The van der Waals surface area contributed by atoms with Gasteiger partial charge in [0.2, 0.25) is 5.91 Å². The number of fused-ring (bicyclic) bond motifs is 1. The molecule has 0 aliphatic carbocycles. The van der Waals surface area contributed by atoms with Gasteiger partial charge in [-0.15, -0.1) is 0 Å². The Hall–Kier alpha value is -3.03. The molecule has 0 bridgehead atoms. The van der Waals surface area contributed by atoms with Gasteiger partial charge in [-0.05, 0) is 30.7 Å². The average Bonchev–Trinajstić information content (AvgIpc) is 3.09. The SMILES string of the molecule is CCN(CC(=O)Nc1ccccc1C(F)(F)F)C(=O)C1Cc2ccccc2O1. The normalized spacial score (nSPS) is 15.5. The number of amides is 2. The maximum absolute atomic E-state index is 13.1. The zero-order valence-corrected chi connectivity index (χ0v) is 15.1. The van der Waals surface area contributed by atoms with Crippen LogP contribution in [0, 0.1) is 0 Å². The van der Waals surface area contributed by atoms with Crippen LogP contribution in [-0.4, -0.2) is 35.9 Å². The molecule has 1 N–H and O–H groups in total. The van der Waals surface area contributed by atoms with Crippen molar-refractivity contribution in [2.24, 2.45) is 0 Å². The van der Waals surface area contributed by atoms with E-state index in [0.717, 1.165) is 11.6 Å². The van der Waals surface area contributed by atoms with Crippen molar-refractivity contribution in [3.8, 4) is 5.75 Å². The van der Waals surface area contributed by atoms with Crippen molar-refractivity contribution in [2.45, 2.75) is 25.6 Å². The molecule has 28 heavy (non-hydrogen) atoms. The predicted octanol–water partition coefficient (Wildman–Crippen LogP) is 3.50. The first-order valence-electron chi connectivity index (χ1n) is 8.79. The monoisotopic (exact) mass is 392 g/mol. The molecule has 148 valence electrons. The number of nitrogens with one attached hydrogen (secondary N) is 1. The first-order valence-corrected chi connectivity index (χ1v) is 8.79. The van der Waals surface area contributed by atoms with Crippen LogP contribution in [0.1, 0.15) is 18.1 Å². The molecule has 3 rings (SSSR count). The third-order valence-corrected chi connectivity index (χ3v) is 4.46. The lowest BCUT2D eigenvalue weighted by molar-refractivity contribution is -0.140. The van der Waals surface area contributed by atoms with Gasteiger partial charge in [0.25, 0.3) is 5.91 Å². The Balaban J connectivity index is 1.66. The molecule has 0 spiro atoms. The van der Waals surface area contributed by atoms with Crippen LogP contribution in [0.4, 0.5) is 18.9 Å². The van der Waals surface area contributed by atoms with Crippen LogP contribution in [0.25, 0.3) is 0 Å². The summed E-state index contributed by atoms with van der Waals surface area (Å²) in [5.74, 6) is -0.458. The largest absolute Gasteiger partial charge is 0.480 e. The number of hydrogen-bond acceptors (Lipinski definition) is 3. The van der Waals surface area contributed by atoms with Crippen molar-refractivity contribution in [1.82, 2.24) is 4.90 Å². The van der Waals surface area contributed by atoms with Gasteiger partial charge in [-0.3, -0.25) is 9.59 Å². The Morgan fingerprint density at radius 1 is 1.14 bits per heavy atom. The van der Waals surface area contributed by atoms with E-state index >= 15 is 0 Å². The van der Waals surface area contributed by atoms with Crippen LogP contribution in [0.5, 0.6) is 5.75 Å². The van der Waals surface area contributed by atoms with Crippen LogP contribution in [0.2, 0.25) is 0 Å². The number of ether oxygens (including phenoxy) is 1. The van der Waals surface area contributed by atoms with Crippen LogP contribution < -0.4 is 10.1 Å². The van der Waals surface area contributed by atoms with E-state index in [1.807, 2.05) is 12.1 Å². The van der Waals surface area contributed by atoms with Gasteiger partial charge in [-0.1, -0.05) is 30.3 Å². The van der Waals surface area contributed by atoms with E-state index in [4.69, 9.17) is 4.74 Å². The highest BCUT2D eigenvalue weighted by atomic mass is 19.4. The lowest BCUT2D eigenvalue weighted by Gasteiger charge is -2.23. The molecule has 1 aliphatic heterocycles. The maximum Gasteiger partial charge on any atom is 0.418 e. The van der Waals surface area contributed by atoms with Crippen molar-refractivity contribution < 1.29 is 27.5 Å². The van der Waals surface area contributed by atoms with E-state index in [9.17, 15) is 22.8 Å². The lowest BCUT2D eigenvalue weighted by atomic mass is 10.1. The predicted molar refractivity (Wildman–Crippen MR) is 96.9 cm³/mol. The minimum Gasteiger partial charge on any atom is -0.480 e. The molecule has 0 saturated carbocycles. The molecule has 1 unspecified atom stereocenters. The van der Waals surface area contributed by atoms with Crippen LogP contribution >= 0.6 is 0 Å². The highest BCUT2D eigenvalue weighted by molar-refractivity contribution is 5.96. The molecular formula is C20H19F3N2O3. The Morgan fingerprint density at radius 2 is 1.82 bits per heavy atom. The van der Waals surface area contributed by atoms with Gasteiger partial charge < -0.3 is 15.0 Å². The summed E-state index contributed by atoms with van der Waals surface area (Å²) in [6.45, 7) is 1.55. The summed E-state index contributed by atoms with van der Waals surface area (Å²) in [6, 6.07) is 12.0. The molecular weight excluding hydrogens is 373 g/mol. The Labute approximate surface area is 160 Å². The molecule has 0 radical (unpaired) electrons. The second-order valence-electron chi connectivity index (χ2n) is 6.36.